The van der Waals surface area contributed by atoms with Crippen LogP contribution in [0, 0.1) is 0 Å². The van der Waals surface area contributed by atoms with E-state index in [2.05, 4.69) is 20.8 Å². The Kier molecular flexibility index (Phi) is 1.70. The first-order chi connectivity index (χ1) is 4.61. The van der Waals surface area contributed by atoms with E-state index in [0.717, 1.165) is 0 Å². The minimum atomic E-state index is 0.0429. The van der Waals surface area contributed by atoms with Gasteiger partial charge in [-0.25, -0.2) is 5.06 Å². The third kappa shape index (κ3) is 1.53. The van der Waals surface area contributed by atoms with Crippen molar-refractivity contribution >= 4 is 0 Å². The summed E-state index contributed by atoms with van der Waals surface area (Å²) in [6, 6.07) is 0. The average Bonchev–Trinajstić information content (AvgIpc) is 1.88. The average molecular weight is 139 g/mol. The van der Waals surface area contributed by atoms with Gasteiger partial charge >= 0.3 is 0 Å². The van der Waals surface area contributed by atoms with E-state index in [1.165, 1.54) is 0 Å². The lowest BCUT2D eigenvalue weighted by Gasteiger charge is -2.32. The third-order valence-electron chi connectivity index (χ3n) is 1.25. The van der Waals surface area contributed by atoms with Gasteiger partial charge in [0.05, 0.1) is 5.54 Å². The molecule has 56 valence electrons. The lowest BCUT2D eigenvalue weighted by atomic mass is 10.1. The van der Waals surface area contributed by atoms with E-state index in [1.807, 2.05) is 23.4 Å². The molecular weight excluding hydrogens is 126 g/mol. The van der Waals surface area contributed by atoms with E-state index >= 15 is 0 Å². The van der Waals surface area contributed by atoms with Crippen molar-refractivity contribution in [3.63, 3.8) is 0 Å². The van der Waals surface area contributed by atoms with Crippen LogP contribution in [0.25, 0.3) is 0 Å². The summed E-state index contributed by atoms with van der Waals surface area (Å²) in [7, 11) is 0. The summed E-state index contributed by atoms with van der Waals surface area (Å²) in [6.45, 7) is 6.28. The van der Waals surface area contributed by atoms with Gasteiger partial charge in [0, 0.05) is 6.20 Å². The van der Waals surface area contributed by atoms with E-state index in [0.29, 0.717) is 0 Å². The van der Waals surface area contributed by atoms with Crippen molar-refractivity contribution in [2.45, 2.75) is 26.3 Å². The van der Waals surface area contributed by atoms with Gasteiger partial charge in [0.1, 0.15) is 6.26 Å². The number of allylic oxidation sites excluding steroid dienone is 2. The predicted molar refractivity (Wildman–Crippen MR) is 41.0 cm³/mol. The Morgan fingerprint density at radius 2 is 1.90 bits per heavy atom. The van der Waals surface area contributed by atoms with Crippen LogP contribution < -0.4 is 0 Å². The maximum atomic E-state index is 5.21. The molecule has 0 saturated heterocycles. The van der Waals surface area contributed by atoms with Gasteiger partial charge in [0.25, 0.3) is 0 Å². The van der Waals surface area contributed by atoms with E-state index in [4.69, 9.17) is 4.84 Å². The highest BCUT2D eigenvalue weighted by Gasteiger charge is 2.19. The molecule has 0 atom stereocenters. The molecule has 1 heterocycles. The number of hydrogen-bond acceptors (Lipinski definition) is 2. The lowest BCUT2D eigenvalue weighted by Crippen LogP contribution is -2.36. The van der Waals surface area contributed by atoms with Gasteiger partial charge in [-0.15, -0.1) is 0 Å². The fourth-order valence-electron chi connectivity index (χ4n) is 0.691. The highest BCUT2D eigenvalue weighted by atomic mass is 16.7. The Bertz CT molecular complexity index is 165. The van der Waals surface area contributed by atoms with E-state index in [-0.39, 0.29) is 5.54 Å². The van der Waals surface area contributed by atoms with Gasteiger partial charge in [-0.2, -0.15) is 0 Å². The Morgan fingerprint density at radius 1 is 1.20 bits per heavy atom. The highest BCUT2D eigenvalue weighted by molar-refractivity contribution is 5.03. The lowest BCUT2D eigenvalue weighted by molar-refractivity contribution is -0.123. The van der Waals surface area contributed by atoms with Crippen LogP contribution in [-0.2, 0) is 4.84 Å². The van der Waals surface area contributed by atoms with Crippen LogP contribution in [0.3, 0.4) is 0 Å². The molecular formula is C8H13NO. The zero-order valence-electron chi connectivity index (χ0n) is 6.66. The number of rotatable bonds is 0. The number of hydrogen-bond donors (Lipinski definition) is 0. The quantitative estimate of drug-likeness (QED) is 0.509. The Balaban J connectivity index is 2.60. The van der Waals surface area contributed by atoms with Gasteiger partial charge in [-0.1, -0.05) is 0 Å². The molecule has 0 N–H and O–H groups in total. The highest BCUT2D eigenvalue weighted by Crippen LogP contribution is 2.16. The SMILES string of the molecule is CC(C)(C)N1C=CC=CO1. The van der Waals surface area contributed by atoms with E-state index < -0.39 is 0 Å². The summed E-state index contributed by atoms with van der Waals surface area (Å²) in [5, 5.41) is 1.81. The van der Waals surface area contributed by atoms with Crippen LogP contribution in [0.5, 0.6) is 0 Å². The summed E-state index contributed by atoms with van der Waals surface area (Å²) in [5.74, 6) is 0. The van der Waals surface area contributed by atoms with Gasteiger partial charge in [-0.3, -0.25) is 0 Å². The molecule has 1 aliphatic rings. The summed E-state index contributed by atoms with van der Waals surface area (Å²) in [6.07, 6.45) is 7.40. The topological polar surface area (TPSA) is 12.5 Å². The van der Waals surface area contributed by atoms with Crippen LogP contribution in [-0.4, -0.2) is 10.6 Å². The number of hydroxylamine groups is 2. The van der Waals surface area contributed by atoms with Crippen LogP contribution in [0.1, 0.15) is 20.8 Å². The first kappa shape index (κ1) is 7.19. The molecule has 0 aliphatic carbocycles. The molecule has 0 unspecified atom stereocenters. The summed E-state index contributed by atoms with van der Waals surface area (Å²) in [4.78, 5) is 5.21. The second-order valence-electron chi connectivity index (χ2n) is 3.27. The largest absolute Gasteiger partial charge is 0.387 e. The summed E-state index contributed by atoms with van der Waals surface area (Å²) >= 11 is 0. The van der Waals surface area contributed by atoms with Crippen LogP contribution in [0.15, 0.2) is 24.6 Å². The molecule has 10 heavy (non-hydrogen) atoms. The Labute approximate surface area is 61.7 Å². The monoisotopic (exact) mass is 139 g/mol. The molecule has 0 spiro atoms. The second-order valence-corrected chi connectivity index (χ2v) is 3.27. The molecule has 0 radical (unpaired) electrons. The van der Waals surface area contributed by atoms with E-state index in [1.54, 1.807) is 6.26 Å². The van der Waals surface area contributed by atoms with Gasteiger partial charge in [0.2, 0.25) is 0 Å². The maximum Gasteiger partial charge on any atom is 0.119 e. The van der Waals surface area contributed by atoms with Gasteiger partial charge in [-0.05, 0) is 32.9 Å². The molecule has 1 aliphatic heterocycles. The van der Waals surface area contributed by atoms with Crippen molar-refractivity contribution in [2.24, 2.45) is 0 Å². The third-order valence-corrected chi connectivity index (χ3v) is 1.25. The minimum absolute atomic E-state index is 0.0429. The molecule has 0 aromatic rings. The molecule has 0 aromatic heterocycles. The number of nitrogens with zero attached hydrogens (tertiary/aromatic N) is 1. The van der Waals surface area contributed by atoms with Crippen molar-refractivity contribution in [1.82, 2.24) is 5.06 Å². The maximum absolute atomic E-state index is 5.21. The Morgan fingerprint density at radius 3 is 2.20 bits per heavy atom. The zero-order valence-corrected chi connectivity index (χ0v) is 6.66. The fourth-order valence-corrected chi connectivity index (χ4v) is 0.691. The summed E-state index contributed by atoms with van der Waals surface area (Å²) in [5.41, 5.74) is 0.0429. The van der Waals surface area contributed by atoms with Gasteiger partial charge in [0.15, 0.2) is 0 Å². The molecule has 2 nitrogen and oxygen atoms in total. The molecule has 0 amide bonds. The first-order valence-electron chi connectivity index (χ1n) is 3.40. The van der Waals surface area contributed by atoms with E-state index in [9.17, 15) is 0 Å². The van der Waals surface area contributed by atoms with Crippen molar-refractivity contribution in [3.8, 4) is 0 Å². The van der Waals surface area contributed by atoms with Crippen molar-refractivity contribution in [2.75, 3.05) is 0 Å². The molecule has 1 rings (SSSR count). The second kappa shape index (κ2) is 2.37. The molecule has 0 fully saturated rings. The Hall–Kier alpha value is -0.920. The first-order valence-corrected chi connectivity index (χ1v) is 3.40. The smallest absolute Gasteiger partial charge is 0.119 e. The predicted octanol–water partition coefficient (Wildman–Crippen LogP) is 2.06. The van der Waals surface area contributed by atoms with Crippen molar-refractivity contribution in [3.05, 3.63) is 24.6 Å². The molecule has 0 aromatic carbocycles. The van der Waals surface area contributed by atoms with Gasteiger partial charge < -0.3 is 4.84 Å². The fraction of sp³-hybridized carbons (Fsp3) is 0.500. The van der Waals surface area contributed by atoms with Crippen LogP contribution in [0.2, 0.25) is 0 Å². The van der Waals surface area contributed by atoms with Crippen molar-refractivity contribution < 1.29 is 4.84 Å². The van der Waals surface area contributed by atoms with Crippen molar-refractivity contribution in [1.29, 1.82) is 0 Å². The van der Waals surface area contributed by atoms with Crippen LogP contribution >= 0.6 is 0 Å². The van der Waals surface area contributed by atoms with Crippen LogP contribution in [0.4, 0.5) is 0 Å². The molecule has 0 bridgehead atoms. The minimum Gasteiger partial charge on any atom is -0.387 e. The zero-order chi connectivity index (χ0) is 7.61. The molecule has 2 heteroatoms. The standard InChI is InChI=1S/C8H13NO/c1-8(2,3)9-6-4-5-7-10-9/h4-7H,1-3H3. The normalized spacial score (nSPS) is 17.3. The summed E-state index contributed by atoms with van der Waals surface area (Å²) < 4.78 is 0. The molecule has 0 saturated carbocycles.